The fraction of sp³-hybridized carbons (Fsp3) is 0.300. The van der Waals surface area contributed by atoms with Crippen LogP contribution in [0.3, 0.4) is 0 Å². The Labute approximate surface area is 91.3 Å². The van der Waals surface area contributed by atoms with Gasteiger partial charge in [0, 0.05) is 11.3 Å². The van der Waals surface area contributed by atoms with Crippen molar-refractivity contribution in [3.05, 3.63) is 29.8 Å². The number of phenols is 1. The number of carbonyl (C=O) groups is 1. The van der Waals surface area contributed by atoms with Crippen LogP contribution in [0.4, 0.5) is 0 Å². The third-order valence-electron chi connectivity index (χ3n) is 2.30. The van der Waals surface area contributed by atoms with E-state index in [1.807, 2.05) is 6.07 Å². The van der Waals surface area contributed by atoms with Gasteiger partial charge in [-0.25, -0.2) is 0 Å². The maximum Gasteiger partial charge on any atom is 0.321 e. The molecule has 0 saturated carbocycles. The number of hydrogen-bond acceptors (Lipinski definition) is 4. The molecule has 2 atom stereocenters. The minimum absolute atomic E-state index is 0.132. The molecule has 0 amide bonds. The molecule has 1 aromatic carbocycles. The molecular formula is C10H11NO3S. The van der Waals surface area contributed by atoms with E-state index in [4.69, 9.17) is 5.11 Å². The molecule has 1 aromatic rings. The Kier molecular flexibility index (Phi) is 2.83. The zero-order valence-electron chi connectivity index (χ0n) is 7.88. The first kappa shape index (κ1) is 10.3. The summed E-state index contributed by atoms with van der Waals surface area (Å²) >= 11 is 1.49. The van der Waals surface area contributed by atoms with Gasteiger partial charge < -0.3 is 10.2 Å². The van der Waals surface area contributed by atoms with Crippen molar-refractivity contribution in [3.63, 3.8) is 0 Å². The highest BCUT2D eigenvalue weighted by molar-refractivity contribution is 7.99. The average molecular weight is 225 g/mol. The molecule has 0 bridgehead atoms. The molecule has 1 fully saturated rings. The number of nitrogens with one attached hydrogen (secondary N) is 1. The van der Waals surface area contributed by atoms with Gasteiger partial charge in [0.1, 0.15) is 11.8 Å². The number of carboxylic acid groups (broad SMARTS) is 1. The van der Waals surface area contributed by atoms with Gasteiger partial charge in [-0.15, -0.1) is 11.8 Å². The molecule has 1 unspecified atom stereocenters. The maximum atomic E-state index is 10.7. The van der Waals surface area contributed by atoms with Crippen molar-refractivity contribution in [1.82, 2.24) is 5.32 Å². The van der Waals surface area contributed by atoms with Crippen LogP contribution in [-0.4, -0.2) is 28.0 Å². The Balaban J connectivity index is 2.14. The van der Waals surface area contributed by atoms with Crippen LogP contribution in [0.2, 0.25) is 0 Å². The lowest BCUT2D eigenvalue weighted by atomic mass is 10.2. The zero-order valence-corrected chi connectivity index (χ0v) is 8.70. The number of benzene rings is 1. The van der Waals surface area contributed by atoms with Crippen LogP contribution in [0.25, 0.3) is 0 Å². The quantitative estimate of drug-likeness (QED) is 0.705. The largest absolute Gasteiger partial charge is 0.508 e. The van der Waals surface area contributed by atoms with Crippen LogP contribution < -0.4 is 5.32 Å². The van der Waals surface area contributed by atoms with Gasteiger partial charge >= 0.3 is 5.97 Å². The molecule has 1 aliphatic rings. The summed E-state index contributed by atoms with van der Waals surface area (Å²) in [5.74, 6) is -0.122. The first-order chi connectivity index (χ1) is 7.18. The molecule has 0 aromatic heterocycles. The van der Waals surface area contributed by atoms with Crippen LogP contribution in [0.15, 0.2) is 24.3 Å². The Hall–Kier alpha value is -1.20. The smallest absolute Gasteiger partial charge is 0.321 e. The van der Waals surface area contributed by atoms with Gasteiger partial charge in [0.15, 0.2) is 0 Å². The van der Waals surface area contributed by atoms with E-state index in [1.165, 1.54) is 11.8 Å². The van der Waals surface area contributed by atoms with Crippen molar-refractivity contribution in [1.29, 1.82) is 0 Å². The minimum atomic E-state index is -0.847. The number of aromatic hydroxyl groups is 1. The van der Waals surface area contributed by atoms with Crippen LogP contribution in [0, 0.1) is 0 Å². The average Bonchev–Trinajstić information content (AvgIpc) is 2.67. The third-order valence-corrected chi connectivity index (χ3v) is 3.55. The second-order valence-corrected chi connectivity index (χ2v) is 4.47. The van der Waals surface area contributed by atoms with Crippen molar-refractivity contribution in [2.24, 2.45) is 0 Å². The molecule has 0 aliphatic carbocycles. The van der Waals surface area contributed by atoms with E-state index in [0.717, 1.165) is 5.56 Å². The van der Waals surface area contributed by atoms with Crippen molar-refractivity contribution >= 4 is 17.7 Å². The summed E-state index contributed by atoms with van der Waals surface area (Å²) in [7, 11) is 0. The summed E-state index contributed by atoms with van der Waals surface area (Å²) in [4.78, 5) is 10.7. The topological polar surface area (TPSA) is 69.6 Å². The first-order valence-electron chi connectivity index (χ1n) is 4.57. The van der Waals surface area contributed by atoms with Gasteiger partial charge in [-0.2, -0.15) is 0 Å². The Morgan fingerprint density at radius 2 is 2.20 bits per heavy atom. The van der Waals surface area contributed by atoms with Gasteiger partial charge in [0.2, 0.25) is 0 Å². The molecule has 3 N–H and O–H groups in total. The summed E-state index contributed by atoms with van der Waals surface area (Å²) in [6, 6.07) is 6.44. The number of phenolic OH excluding ortho intramolecular Hbond substituents is 1. The second-order valence-electron chi connectivity index (χ2n) is 3.33. The number of para-hydroxylation sites is 1. The first-order valence-corrected chi connectivity index (χ1v) is 5.61. The number of rotatable bonds is 2. The molecule has 0 radical (unpaired) electrons. The van der Waals surface area contributed by atoms with Gasteiger partial charge in [-0.3, -0.25) is 10.1 Å². The van der Waals surface area contributed by atoms with E-state index in [1.54, 1.807) is 18.2 Å². The summed E-state index contributed by atoms with van der Waals surface area (Å²) in [5.41, 5.74) is 0.742. The molecule has 5 heteroatoms. The fourth-order valence-corrected chi connectivity index (χ4v) is 2.77. The minimum Gasteiger partial charge on any atom is -0.508 e. The molecule has 1 aliphatic heterocycles. The molecule has 2 rings (SSSR count). The normalized spacial score (nSPS) is 25.3. The predicted octanol–water partition coefficient (Wildman–Crippen LogP) is 1.18. The van der Waals surface area contributed by atoms with E-state index in [-0.39, 0.29) is 11.1 Å². The van der Waals surface area contributed by atoms with E-state index >= 15 is 0 Å². The maximum absolute atomic E-state index is 10.7. The fourth-order valence-electron chi connectivity index (χ4n) is 1.50. The Morgan fingerprint density at radius 3 is 2.80 bits per heavy atom. The second kappa shape index (κ2) is 4.12. The number of hydrogen-bond donors (Lipinski definition) is 3. The summed E-state index contributed by atoms with van der Waals surface area (Å²) in [6.45, 7) is 0. The Bertz CT molecular complexity index is 383. The van der Waals surface area contributed by atoms with Crippen molar-refractivity contribution in [2.45, 2.75) is 11.4 Å². The zero-order chi connectivity index (χ0) is 10.8. The molecule has 4 nitrogen and oxygen atoms in total. The van der Waals surface area contributed by atoms with Crippen molar-refractivity contribution in [2.75, 3.05) is 5.75 Å². The summed E-state index contributed by atoms with van der Waals surface area (Å²) < 4.78 is 0. The molecule has 1 saturated heterocycles. The third kappa shape index (κ3) is 2.08. The standard InChI is InChI=1S/C10H11NO3S/c12-8-4-2-1-3-6(8)9-11-7(5-15-9)10(13)14/h1-4,7,9,11-12H,5H2,(H,13,14)/t7-,9?/m1/s1. The molecule has 80 valence electrons. The van der Waals surface area contributed by atoms with Crippen molar-refractivity contribution in [3.8, 4) is 5.75 Å². The number of thioether (sulfide) groups is 1. The molecule has 15 heavy (non-hydrogen) atoms. The molecule has 0 spiro atoms. The lowest BCUT2D eigenvalue weighted by Gasteiger charge is -2.12. The number of aliphatic carboxylic acids is 1. The van der Waals surface area contributed by atoms with Crippen LogP contribution >= 0.6 is 11.8 Å². The predicted molar refractivity (Wildman–Crippen MR) is 57.9 cm³/mol. The molecular weight excluding hydrogens is 214 g/mol. The SMILES string of the molecule is O=C(O)[C@H]1CSC(c2ccccc2O)N1. The lowest BCUT2D eigenvalue weighted by Crippen LogP contribution is -2.33. The van der Waals surface area contributed by atoms with E-state index in [2.05, 4.69) is 5.32 Å². The van der Waals surface area contributed by atoms with E-state index in [9.17, 15) is 9.90 Å². The Morgan fingerprint density at radius 1 is 1.47 bits per heavy atom. The van der Waals surface area contributed by atoms with E-state index in [0.29, 0.717) is 5.75 Å². The highest BCUT2D eigenvalue weighted by Gasteiger charge is 2.31. The van der Waals surface area contributed by atoms with Crippen LogP contribution in [0.1, 0.15) is 10.9 Å². The van der Waals surface area contributed by atoms with Crippen LogP contribution in [0.5, 0.6) is 5.75 Å². The van der Waals surface area contributed by atoms with E-state index < -0.39 is 12.0 Å². The summed E-state index contributed by atoms with van der Waals surface area (Å²) in [6.07, 6.45) is 0. The molecule has 1 heterocycles. The van der Waals surface area contributed by atoms with Gasteiger partial charge in [0.05, 0.1) is 5.37 Å². The highest BCUT2D eigenvalue weighted by atomic mass is 32.2. The lowest BCUT2D eigenvalue weighted by molar-refractivity contribution is -0.138. The monoisotopic (exact) mass is 225 g/mol. The highest BCUT2D eigenvalue weighted by Crippen LogP contribution is 2.36. The van der Waals surface area contributed by atoms with Gasteiger partial charge in [0.25, 0.3) is 0 Å². The van der Waals surface area contributed by atoms with Gasteiger partial charge in [-0.1, -0.05) is 18.2 Å². The van der Waals surface area contributed by atoms with Crippen LogP contribution in [-0.2, 0) is 4.79 Å². The van der Waals surface area contributed by atoms with Gasteiger partial charge in [-0.05, 0) is 6.07 Å². The number of carboxylic acids is 1. The summed E-state index contributed by atoms with van der Waals surface area (Å²) in [5, 5.41) is 21.2. The van der Waals surface area contributed by atoms with Crippen molar-refractivity contribution < 1.29 is 15.0 Å².